The van der Waals surface area contributed by atoms with Gasteiger partial charge in [-0.15, -0.1) is 4.73 Å². The quantitative estimate of drug-likeness (QED) is 0.779. The van der Waals surface area contributed by atoms with Crippen molar-refractivity contribution in [3.05, 3.63) is 12.1 Å². The normalized spacial score (nSPS) is 20.9. The molecular formula is C11H13NO5. The van der Waals surface area contributed by atoms with Crippen molar-refractivity contribution in [2.24, 2.45) is 5.92 Å². The molecule has 2 saturated carbocycles. The second-order valence-electron chi connectivity index (χ2n) is 4.63. The molecule has 0 bridgehead atoms. The number of carbonyl (C=O) groups is 1. The van der Waals surface area contributed by atoms with Gasteiger partial charge in [-0.1, -0.05) is 0 Å². The molecule has 2 fully saturated rings. The van der Waals surface area contributed by atoms with Gasteiger partial charge in [0.2, 0.25) is 11.8 Å². The summed E-state index contributed by atoms with van der Waals surface area (Å²) in [6.07, 6.45) is 3.03. The summed E-state index contributed by atoms with van der Waals surface area (Å²) in [5.41, 5.74) is -0.338. The van der Waals surface area contributed by atoms with Gasteiger partial charge in [-0.25, -0.2) is 4.79 Å². The zero-order valence-corrected chi connectivity index (χ0v) is 9.13. The van der Waals surface area contributed by atoms with Gasteiger partial charge >= 0.3 is 6.16 Å². The number of rotatable bonds is 3. The van der Waals surface area contributed by atoms with E-state index in [1.807, 2.05) is 0 Å². The van der Waals surface area contributed by atoms with Crippen LogP contribution in [0.4, 0.5) is 4.79 Å². The average molecular weight is 239 g/mol. The molecule has 2 aliphatic carbocycles. The standard InChI is InChI=1S/C11H13NO5/c13-8-3-4-9(14)12(8)17-10(15)16-11(5-6-11)7-1-2-7/h3-4,7,13-14H,1-2,5-6H2. The highest BCUT2D eigenvalue weighted by Gasteiger charge is 2.58. The molecule has 1 heterocycles. The number of aromatic hydroxyl groups is 2. The molecule has 6 nitrogen and oxygen atoms in total. The van der Waals surface area contributed by atoms with E-state index in [1.165, 1.54) is 12.1 Å². The van der Waals surface area contributed by atoms with E-state index in [0.29, 0.717) is 10.6 Å². The summed E-state index contributed by atoms with van der Waals surface area (Å²) >= 11 is 0. The molecule has 92 valence electrons. The van der Waals surface area contributed by atoms with Gasteiger partial charge in [-0.3, -0.25) is 4.84 Å². The van der Waals surface area contributed by atoms with Crippen LogP contribution < -0.4 is 4.84 Å². The number of carbonyl (C=O) groups excluding carboxylic acids is 1. The number of nitrogens with zero attached hydrogens (tertiary/aromatic N) is 1. The fourth-order valence-electron chi connectivity index (χ4n) is 2.08. The summed E-state index contributed by atoms with van der Waals surface area (Å²) in [5, 5.41) is 18.6. The molecule has 0 saturated heterocycles. The first-order valence-electron chi connectivity index (χ1n) is 5.62. The van der Waals surface area contributed by atoms with Crippen LogP contribution in [-0.2, 0) is 4.74 Å². The lowest BCUT2D eigenvalue weighted by Crippen LogP contribution is -2.28. The molecule has 0 aliphatic heterocycles. The topological polar surface area (TPSA) is 80.9 Å². The number of aromatic nitrogens is 1. The second kappa shape index (κ2) is 3.32. The molecule has 3 rings (SSSR count). The zero-order valence-electron chi connectivity index (χ0n) is 9.13. The number of hydrogen-bond donors (Lipinski definition) is 2. The third kappa shape index (κ3) is 1.79. The van der Waals surface area contributed by atoms with Gasteiger partial charge in [-0.05, 0) is 31.6 Å². The first kappa shape index (κ1) is 10.3. The van der Waals surface area contributed by atoms with Crippen LogP contribution in [0.2, 0.25) is 0 Å². The van der Waals surface area contributed by atoms with Crippen LogP contribution in [0.1, 0.15) is 25.7 Å². The van der Waals surface area contributed by atoms with E-state index in [2.05, 4.69) is 0 Å². The van der Waals surface area contributed by atoms with Crippen molar-refractivity contribution < 1.29 is 24.6 Å². The van der Waals surface area contributed by atoms with Crippen molar-refractivity contribution in [1.82, 2.24) is 4.73 Å². The molecule has 0 atom stereocenters. The largest absolute Gasteiger partial charge is 0.534 e. The monoisotopic (exact) mass is 239 g/mol. The van der Waals surface area contributed by atoms with E-state index < -0.39 is 6.16 Å². The van der Waals surface area contributed by atoms with Crippen molar-refractivity contribution >= 4 is 6.16 Å². The summed E-state index contributed by atoms with van der Waals surface area (Å²) < 4.78 is 5.88. The maximum absolute atomic E-state index is 11.5. The molecule has 1 aromatic rings. The maximum atomic E-state index is 11.5. The molecule has 0 unspecified atom stereocenters. The van der Waals surface area contributed by atoms with Crippen LogP contribution in [-0.4, -0.2) is 26.7 Å². The summed E-state index contributed by atoms with van der Waals surface area (Å²) in [4.78, 5) is 16.2. The van der Waals surface area contributed by atoms with E-state index in [0.717, 1.165) is 25.7 Å². The average Bonchev–Trinajstić information content (AvgIpc) is 3.13. The molecular weight excluding hydrogens is 226 g/mol. The van der Waals surface area contributed by atoms with Gasteiger partial charge in [0.05, 0.1) is 0 Å². The first-order chi connectivity index (χ1) is 8.11. The highest BCUT2D eigenvalue weighted by molar-refractivity contribution is 5.62. The fourth-order valence-corrected chi connectivity index (χ4v) is 2.08. The Balaban J connectivity index is 1.64. The van der Waals surface area contributed by atoms with E-state index in [4.69, 9.17) is 9.57 Å². The Bertz CT molecular complexity index is 439. The molecule has 0 spiro atoms. The molecule has 17 heavy (non-hydrogen) atoms. The molecule has 0 radical (unpaired) electrons. The summed E-state index contributed by atoms with van der Waals surface area (Å²) in [6.45, 7) is 0. The van der Waals surface area contributed by atoms with Crippen LogP contribution in [0.3, 0.4) is 0 Å². The second-order valence-corrected chi connectivity index (χ2v) is 4.63. The lowest BCUT2D eigenvalue weighted by Gasteiger charge is -2.15. The number of hydrogen-bond acceptors (Lipinski definition) is 5. The van der Waals surface area contributed by atoms with Gasteiger partial charge in [0, 0.05) is 12.1 Å². The van der Waals surface area contributed by atoms with Crippen molar-refractivity contribution in [2.75, 3.05) is 0 Å². The summed E-state index contributed by atoms with van der Waals surface area (Å²) in [6, 6.07) is 2.44. The van der Waals surface area contributed by atoms with Gasteiger partial charge in [0.1, 0.15) is 5.60 Å². The minimum Gasteiger partial charge on any atom is -0.492 e. The smallest absolute Gasteiger partial charge is 0.492 e. The Kier molecular flexibility index (Phi) is 2.01. The van der Waals surface area contributed by atoms with E-state index >= 15 is 0 Å². The Morgan fingerprint density at radius 3 is 2.35 bits per heavy atom. The Morgan fingerprint density at radius 1 is 1.29 bits per heavy atom. The fraction of sp³-hybridized carbons (Fsp3) is 0.545. The molecule has 1 aromatic heterocycles. The zero-order chi connectivity index (χ0) is 12.0. The molecule has 0 aromatic carbocycles. The summed E-state index contributed by atoms with van der Waals surface area (Å²) in [5.74, 6) is -0.242. The molecule has 2 aliphatic rings. The van der Waals surface area contributed by atoms with Crippen molar-refractivity contribution in [3.63, 3.8) is 0 Å². The van der Waals surface area contributed by atoms with Crippen molar-refractivity contribution in [2.45, 2.75) is 31.3 Å². The van der Waals surface area contributed by atoms with Crippen LogP contribution >= 0.6 is 0 Å². The minimum absolute atomic E-state index is 0.338. The van der Waals surface area contributed by atoms with Gasteiger partial charge < -0.3 is 14.9 Å². The Morgan fingerprint density at radius 2 is 1.88 bits per heavy atom. The third-order valence-corrected chi connectivity index (χ3v) is 3.31. The predicted octanol–water partition coefficient (Wildman–Crippen LogP) is 1.41. The summed E-state index contributed by atoms with van der Waals surface area (Å²) in [7, 11) is 0. The molecule has 2 N–H and O–H groups in total. The maximum Gasteiger partial charge on any atom is 0.534 e. The van der Waals surface area contributed by atoms with Crippen LogP contribution in [0, 0.1) is 5.92 Å². The van der Waals surface area contributed by atoms with Crippen LogP contribution in [0.15, 0.2) is 12.1 Å². The Labute approximate surface area is 97.3 Å². The highest BCUT2D eigenvalue weighted by Crippen LogP contribution is 2.56. The lowest BCUT2D eigenvalue weighted by molar-refractivity contribution is -0.00718. The highest BCUT2D eigenvalue weighted by atomic mass is 16.8. The van der Waals surface area contributed by atoms with Gasteiger partial charge in [0.25, 0.3) is 0 Å². The van der Waals surface area contributed by atoms with Crippen molar-refractivity contribution in [3.8, 4) is 11.8 Å². The molecule has 0 amide bonds. The SMILES string of the molecule is O=C(On1c(O)ccc1O)OC1(C2CC2)CC1. The lowest BCUT2D eigenvalue weighted by atomic mass is 10.2. The van der Waals surface area contributed by atoms with Crippen LogP contribution in [0.25, 0.3) is 0 Å². The van der Waals surface area contributed by atoms with E-state index in [9.17, 15) is 15.0 Å². The number of ether oxygens (including phenoxy) is 1. The third-order valence-electron chi connectivity index (χ3n) is 3.31. The van der Waals surface area contributed by atoms with Crippen molar-refractivity contribution in [1.29, 1.82) is 0 Å². The molecule has 6 heteroatoms. The van der Waals surface area contributed by atoms with E-state index in [1.54, 1.807) is 0 Å². The van der Waals surface area contributed by atoms with Gasteiger partial charge in [-0.2, -0.15) is 0 Å². The van der Waals surface area contributed by atoms with Crippen LogP contribution in [0.5, 0.6) is 11.8 Å². The minimum atomic E-state index is -0.892. The van der Waals surface area contributed by atoms with Gasteiger partial charge in [0.15, 0.2) is 0 Å². The Hall–Kier alpha value is -1.85. The predicted molar refractivity (Wildman–Crippen MR) is 55.5 cm³/mol. The van der Waals surface area contributed by atoms with E-state index in [-0.39, 0.29) is 17.4 Å². The first-order valence-corrected chi connectivity index (χ1v) is 5.62.